The fraction of sp³-hybridized carbons (Fsp3) is 0.500. The molecule has 1 amide bonds. The third-order valence-electron chi connectivity index (χ3n) is 4.14. The van der Waals surface area contributed by atoms with E-state index in [-0.39, 0.29) is 5.91 Å². The summed E-state index contributed by atoms with van der Waals surface area (Å²) in [5.74, 6) is -0.509. The van der Waals surface area contributed by atoms with Gasteiger partial charge in [-0.05, 0) is 45.2 Å². The second kappa shape index (κ2) is 8.29. The fourth-order valence-electron chi connectivity index (χ4n) is 2.68. The van der Waals surface area contributed by atoms with Gasteiger partial charge in [0.2, 0.25) is 5.91 Å². The van der Waals surface area contributed by atoms with Crippen LogP contribution in [-0.2, 0) is 29.4 Å². The van der Waals surface area contributed by atoms with Crippen molar-refractivity contribution >= 4 is 28.2 Å². The topological polar surface area (TPSA) is 73.2 Å². The summed E-state index contributed by atoms with van der Waals surface area (Å²) in [6.45, 7) is 8.04. The minimum atomic E-state index is -0.396. The van der Waals surface area contributed by atoms with Crippen molar-refractivity contribution in [2.24, 2.45) is 7.05 Å². The van der Waals surface area contributed by atoms with Crippen LogP contribution in [0.1, 0.15) is 52.5 Å². The Morgan fingerprint density at radius 3 is 2.60 bits per heavy atom. The molecule has 7 heteroatoms. The summed E-state index contributed by atoms with van der Waals surface area (Å²) in [5.41, 5.74) is 3.56. The number of carbonyl (C=O) groups excluding carboxylic acids is 2. The molecule has 2 rings (SSSR count). The highest BCUT2D eigenvalue weighted by Crippen LogP contribution is 2.29. The number of nitrogens with one attached hydrogen (secondary N) is 1. The number of nitrogens with zero attached hydrogens (tertiary/aromatic N) is 2. The molecule has 0 saturated carbocycles. The van der Waals surface area contributed by atoms with E-state index in [0.29, 0.717) is 30.0 Å². The zero-order chi connectivity index (χ0) is 18.6. The molecule has 0 atom stereocenters. The van der Waals surface area contributed by atoms with E-state index in [1.54, 1.807) is 13.0 Å². The quantitative estimate of drug-likeness (QED) is 0.765. The van der Waals surface area contributed by atoms with E-state index in [9.17, 15) is 9.59 Å². The smallest absolute Gasteiger partial charge is 0.341 e. The van der Waals surface area contributed by atoms with Gasteiger partial charge in [0.05, 0.1) is 17.9 Å². The van der Waals surface area contributed by atoms with Crippen molar-refractivity contribution in [1.29, 1.82) is 0 Å². The van der Waals surface area contributed by atoms with Crippen molar-refractivity contribution in [3.63, 3.8) is 0 Å². The van der Waals surface area contributed by atoms with Crippen LogP contribution in [0.5, 0.6) is 0 Å². The lowest BCUT2D eigenvalue weighted by atomic mass is 10.1. The molecular formula is C18H25N3O3S. The van der Waals surface area contributed by atoms with Crippen LogP contribution >= 0.6 is 11.3 Å². The lowest BCUT2D eigenvalue weighted by Crippen LogP contribution is -2.14. The van der Waals surface area contributed by atoms with Crippen molar-refractivity contribution in [1.82, 2.24) is 9.78 Å². The number of esters is 1. The highest BCUT2D eigenvalue weighted by atomic mass is 32.1. The van der Waals surface area contributed by atoms with Gasteiger partial charge in [0.15, 0.2) is 0 Å². The second-order valence-electron chi connectivity index (χ2n) is 5.85. The molecule has 2 aromatic heterocycles. The number of aryl methyl sites for hydroxylation is 3. The highest BCUT2D eigenvalue weighted by molar-refractivity contribution is 7.16. The number of rotatable bonds is 7. The summed E-state index contributed by atoms with van der Waals surface area (Å²) in [6, 6.07) is 1.80. The Labute approximate surface area is 152 Å². The van der Waals surface area contributed by atoms with Gasteiger partial charge in [0.1, 0.15) is 5.00 Å². The largest absolute Gasteiger partial charge is 0.462 e. The standard InChI is InChI=1S/C18H25N3O3S/c1-6-13-10-15(18(23)24-7-2)17(25-13)19-16(22)9-8-14-11(3)20-21(5)12(14)4/h10H,6-9H2,1-5H3,(H,19,22). The Morgan fingerprint density at radius 2 is 2.04 bits per heavy atom. The first kappa shape index (κ1) is 19.2. The average Bonchev–Trinajstić information content (AvgIpc) is 3.07. The van der Waals surface area contributed by atoms with Gasteiger partial charge in [-0.3, -0.25) is 9.48 Å². The predicted molar refractivity (Wildman–Crippen MR) is 99.3 cm³/mol. The van der Waals surface area contributed by atoms with Crippen LogP contribution in [-0.4, -0.2) is 28.3 Å². The minimum absolute atomic E-state index is 0.113. The molecule has 25 heavy (non-hydrogen) atoms. The molecule has 0 bridgehead atoms. The molecule has 136 valence electrons. The van der Waals surface area contributed by atoms with Crippen molar-refractivity contribution in [2.45, 2.75) is 47.0 Å². The van der Waals surface area contributed by atoms with E-state index in [1.807, 2.05) is 32.5 Å². The van der Waals surface area contributed by atoms with E-state index >= 15 is 0 Å². The molecule has 0 aliphatic rings. The average molecular weight is 363 g/mol. The summed E-state index contributed by atoms with van der Waals surface area (Å²) in [4.78, 5) is 25.5. The van der Waals surface area contributed by atoms with Gasteiger partial charge in [-0.25, -0.2) is 4.79 Å². The number of amides is 1. The van der Waals surface area contributed by atoms with Crippen LogP contribution in [0.15, 0.2) is 6.07 Å². The summed E-state index contributed by atoms with van der Waals surface area (Å²) in [5, 5.41) is 7.81. The van der Waals surface area contributed by atoms with Crippen LogP contribution in [0, 0.1) is 13.8 Å². The third-order valence-corrected chi connectivity index (χ3v) is 5.34. The molecule has 2 heterocycles. The Kier molecular flexibility index (Phi) is 6.36. The summed E-state index contributed by atoms with van der Waals surface area (Å²) >= 11 is 1.42. The summed E-state index contributed by atoms with van der Waals surface area (Å²) < 4.78 is 6.90. The Morgan fingerprint density at radius 1 is 1.32 bits per heavy atom. The molecule has 0 unspecified atom stereocenters. The van der Waals surface area contributed by atoms with Gasteiger partial charge in [-0.15, -0.1) is 11.3 Å². The van der Waals surface area contributed by atoms with Gasteiger partial charge in [0, 0.05) is 24.0 Å². The number of aromatic nitrogens is 2. The molecule has 1 N–H and O–H groups in total. The lowest BCUT2D eigenvalue weighted by molar-refractivity contribution is -0.116. The Balaban J connectivity index is 2.07. The molecule has 0 radical (unpaired) electrons. The maximum Gasteiger partial charge on any atom is 0.341 e. The molecule has 0 spiro atoms. The number of thiophene rings is 1. The molecule has 0 aliphatic heterocycles. The molecule has 6 nitrogen and oxygen atoms in total. The van der Waals surface area contributed by atoms with Crippen LogP contribution in [0.3, 0.4) is 0 Å². The summed E-state index contributed by atoms with van der Waals surface area (Å²) in [7, 11) is 1.90. The van der Waals surface area contributed by atoms with Crippen LogP contribution in [0.2, 0.25) is 0 Å². The van der Waals surface area contributed by atoms with Gasteiger partial charge in [-0.1, -0.05) is 6.92 Å². The lowest BCUT2D eigenvalue weighted by Gasteiger charge is -2.06. The van der Waals surface area contributed by atoms with Crippen LogP contribution in [0.25, 0.3) is 0 Å². The fourth-order valence-corrected chi connectivity index (χ4v) is 3.68. The molecule has 2 aromatic rings. The Hall–Kier alpha value is -2.15. The first-order valence-corrected chi connectivity index (χ1v) is 9.27. The van der Waals surface area contributed by atoms with Crippen LogP contribution < -0.4 is 5.32 Å². The first-order valence-electron chi connectivity index (χ1n) is 8.46. The molecular weight excluding hydrogens is 338 g/mol. The third kappa shape index (κ3) is 4.48. The number of carbonyl (C=O) groups is 2. The van der Waals surface area contributed by atoms with E-state index in [4.69, 9.17) is 4.74 Å². The normalized spacial score (nSPS) is 10.8. The number of hydrogen-bond acceptors (Lipinski definition) is 5. The molecule has 0 aliphatic carbocycles. The molecule has 0 aromatic carbocycles. The number of hydrogen-bond donors (Lipinski definition) is 1. The van der Waals surface area contributed by atoms with Gasteiger partial charge < -0.3 is 10.1 Å². The monoisotopic (exact) mass is 363 g/mol. The van der Waals surface area contributed by atoms with Crippen molar-refractivity contribution in [3.8, 4) is 0 Å². The van der Waals surface area contributed by atoms with Gasteiger partial charge >= 0.3 is 5.97 Å². The van der Waals surface area contributed by atoms with Crippen molar-refractivity contribution < 1.29 is 14.3 Å². The van der Waals surface area contributed by atoms with E-state index in [1.165, 1.54) is 11.3 Å². The Bertz CT molecular complexity index is 777. The van der Waals surface area contributed by atoms with Crippen LogP contribution in [0.4, 0.5) is 5.00 Å². The maximum absolute atomic E-state index is 12.4. The molecule has 0 saturated heterocycles. The van der Waals surface area contributed by atoms with Gasteiger partial charge in [-0.2, -0.15) is 5.10 Å². The van der Waals surface area contributed by atoms with Crippen molar-refractivity contribution in [2.75, 3.05) is 11.9 Å². The summed E-state index contributed by atoms with van der Waals surface area (Å²) in [6.07, 6.45) is 1.77. The highest BCUT2D eigenvalue weighted by Gasteiger charge is 2.19. The van der Waals surface area contributed by atoms with E-state index < -0.39 is 5.97 Å². The van der Waals surface area contributed by atoms with E-state index in [0.717, 1.165) is 28.2 Å². The zero-order valence-electron chi connectivity index (χ0n) is 15.4. The minimum Gasteiger partial charge on any atom is -0.462 e. The first-order chi connectivity index (χ1) is 11.9. The maximum atomic E-state index is 12.4. The predicted octanol–water partition coefficient (Wildman–Crippen LogP) is 3.41. The molecule has 0 fully saturated rings. The second-order valence-corrected chi connectivity index (χ2v) is 6.99. The van der Waals surface area contributed by atoms with Crippen molar-refractivity contribution in [3.05, 3.63) is 33.5 Å². The SMILES string of the molecule is CCOC(=O)c1cc(CC)sc1NC(=O)CCc1c(C)nn(C)c1C. The van der Waals surface area contributed by atoms with Gasteiger partial charge in [0.25, 0.3) is 0 Å². The van der Waals surface area contributed by atoms with E-state index in [2.05, 4.69) is 10.4 Å². The number of ether oxygens (including phenoxy) is 1. The number of anilines is 1. The zero-order valence-corrected chi connectivity index (χ0v) is 16.2.